The molecule has 0 rings (SSSR count). The van der Waals surface area contributed by atoms with Crippen molar-refractivity contribution in [1.82, 2.24) is 0 Å². The van der Waals surface area contributed by atoms with Gasteiger partial charge in [-0.15, -0.1) is 0 Å². The topological polar surface area (TPSA) is 20.2 Å². The quantitative estimate of drug-likeness (QED) is 0.722. The van der Waals surface area contributed by atoms with Crippen molar-refractivity contribution in [3.63, 3.8) is 0 Å². The third-order valence-corrected chi connectivity index (χ3v) is 1.05. The molecule has 0 aromatic rings. The van der Waals surface area contributed by atoms with Gasteiger partial charge in [-0.3, -0.25) is 0 Å². The van der Waals surface area contributed by atoms with Gasteiger partial charge in [0.15, 0.2) is 0 Å². The molecule has 6 heavy (non-hydrogen) atoms. The summed E-state index contributed by atoms with van der Waals surface area (Å²) < 4.78 is -0.220. The Bertz CT molecular complexity index is 28.7. The second-order valence-electron chi connectivity index (χ2n) is 1.03. The summed E-state index contributed by atoms with van der Waals surface area (Å²) in [6, 6.07) is 0. The first-order valence-electron chi connectivity index (χ1n) is 1.84. The molecule has 0 fully saturated rings. The summed E-state index contributed by atoms with van der Waals surface area (Å²) in [6.07, 6.45) is 1.61. The molecule has 0 aromatic carbocycles. The molecule has 0 aliphatic carbocycles. The van der Waals surface area contributed by atoms with Crippen LogP contribution in [0.4, 0.5) is 0 Å². The molecule has 0 aliphatic heterocycles. The summed E-state index contributed by atoms with van der Waals surface area (Å²) in [4.78, 5) is 0. The molecule has 1 atom stereocenters. The molecule has 2 heteroatoms. The summed E-state index contributed by atoms with van der Waals surface area (Å²) in [5, 5.41) is 8.49. The average Bonchev–Trinajstić information content (AvgIpc) is 1.35. The molecule has 1 nitrogen and oxygen atoms in total. The fourth-order valence-corrected chi connectivity index (χ4v) is 0.595. The van der Waals surface area contributed by atoms with Crippen molar-refractivity contribution >= 4 is 0 Å². The van der Waals surface area contributed by atoms with E-state index in [0.29, 0.717) is 0 Å². The van der Waals surface area contributed by atoms with Crippen LogP contribution in [0.5, 0.6) is 0 Å². The second kappa shape index (κ2) is 3.88. The summed E-state index contributed by atoms with van der Waals surface area (Å²) in [6.45, 7) is 3.56. The van der Waals surface area contributed by atoms with E-state index in [0.717, 1.165) is 12.8 Å². The second-order valence-corrected chi connectivity index (χ2v) is 2.47. The Kier molecular flexibility index (Phi) is 4.33. The van der Waals surface area contributed by atoms with Crippen LogP contribution in [0.3, 0.4) is 0 Å². The molecule has 0 heterocycles. The summed E-state index contributed by atoms with van der Waals surface area (Å²) >= 11 is 2.12. The van der Waals surface area contributed by atoms with Crippen molar-refractivity contribution in [1.29, 1.82) is 0 Å². The van der Waals surface area contributed by atoms with Gasteiger partial charge in [0.1, 0.15) is 0 Å². The number of hydrogen-bond donors (Lipinski definition) is 1. The summed E-state index contributed by atoms with van der Waals surface area (Å²) in [5.41, 5.74) is 0. The van der Waals surface area contributed by atoms with Crippen LogP contribution in [0.25, 0.3) is 0 Å². The van der Waals surface area contributed by atoms with Crippen molar-refractivity contribution in [3.8, 4) is 0 Å². The van der Waals surface area contributed by atoms with Crippen molar-refractivity contribution in [2.45, 2.75) is 17.2 Å². The van der Waals surface area contributed by atoms with Gasteiger partial charge in [-0.1, -0.05) is 0 Å². The molecule has 41 valence electrons. The van der Waals surface area contributed by atoms with Crippen LogP contribution in [-0.2, 0) is 21.1 Å². The third kappa shape index (κ3) is 4.70. The first kappa shape index (κ1) is 6.70. The Balaban J connectivity index is 2.63. The van der Waals surface area contributed by atoms with E-state index >= 15 is 0 Å². The van der Waals surface area contributed by atoms with E-state index in [1.165, 1.54) is 0 Å². The molecule has 1 unspecified atom stereocenters. The number of aliphatic hydroxyl groups is 1. The number of rotatable bonds is 2. The number of hydrogen-bond acceptors (Lipinski definition) is 1. The van der Waals surface area contributed by atoms with Gasteiger partial charge >= 0.3 is 50.3 Å². The van der Waals surface area contributed by atoms with Gasteiger partial charge in [0.05, 0.1) is 0 Å². The van der Waals surface area contributed by atoms with Crippen molar-refractivity contribution in [3.05, 3.63) is 6.92 Å². The zero-order valence-electron chi connectivity index (χ0n) is 3.45. The molecule has 1 N–H and O–H groups in total. The SMILES string of the molecule is [CH2]CC[CH](O)[Au]. The van der Waals surface area contributed by atoms with E-state index in [9.17, 15) is 0 Å². The van der Waals surface area contributed by atoms with E-state index in [4.69, 9.17) is 5.11 Å². The van der Waals surface area contributed by atoms with Gasteiger partial charge in [-0.05, 0) is 0 Å². The van der Waals surface area contributed by atoms with E-state index in [1.807, 2.05) is 0 Å². The van der Waals surface area contributed by atoms with Crippen molar-refractivity contribution in [2.24, 2.45) is 0 Å². The molecule has 0 saturated heterocycles. The van der Waals surface area contributed by atoms with E-state index in [2.05, 4.69) is 28.0 Å². The summed E-state index contributed by atoms with van der Waals surface area (Å²) in [5.74, 6) is 0. The fraction of sp³-hybridized carbons (Fsp3) is 0.750. The normalized spacial score (nSPS) is 14.7. The maximum absolute atomic E-state index is 8.49. The van der Waals surface area contributed by atoms with Crippen LogP contribution < -0.4 is 0 Å². The summed E-state index contributed by atoms with van der Waals surface area (Å²) in [7, 11) is 0. The van der Waals surface area contributed by atoms with Crippen LogP contribution >= 0.6 is 0 Å². The van der Waals surface area contributed by atoms with Gasteiger partial charge < -0.3 is 0 Å². The molecule has 0 saturated carbocycles. The Morgan fingerprint density at radius 2 is 2.33 bits per heavy atom. The molecule has 0 spiro atoms. The van der Waals surface area contributed by atoms with E-state index in [-0.39, 0.29) is 4.32 Å². The monoisotopic (exact) mass is 269 g/mol. The van der Waals surface area contributed by atoms with Crippen LogP contribution in [0.15, 0.2) is 0 Å². The van der Waals surface area contributed by atoms with Gasteiger partial charge in [0.2, 0.25) is 0 Å². The Morgan fingerprint density at radius 1 is 1.83 bits per heavy atom. The minimum atomic E-state index is -0.220. The van der Waals surface area contributed by atoms with Crippen LogP contribution in [0.2, 0.25) is 0 Å². The van der Waals surface area contributed by atoms with Gasteiger partial charge in [0.25, 0.3) is 0 Å². The average molecular weight is 269 g/mol. The standard InChI is InChI=1S/C4H8O.Au/c1-2-3-4-5;/h4-5H,1-3H2;. The van der Waals surface area contributed by atoms with Gasteiger partial charge in [-0.25, -0.2) is 0 Å². The maximum atomic E-state index is 8.49. The molecular formula is C4H8AuO. The molecule has 0 aliphatic rings. The molecule has 0 amide bonds. The van der Waals surface area contributed by atoms with Crippen molar-refractivity contribution < 1.29 is 26.2 Å². The fourth-order valence-electron chi connectivity index (χ4n) is 0.153. The van der Waals surface area contributed by atoms with Crippen LogP contribution in [0, 0.1) is 6.92 Å². The number of aliphatic hydroxyl groups excluding tert-OH is 1. The Labute approximate surface area is 50.7 Å². The predicted molar refractivity (Wildman–Crippen MR) is 20.6 cm³/mol. The minimum absolute atomic E-state index is 0.220. The van der Waals surface area contributed by atoms with Gasteiger partial charge in [0, 0.05) is 0 Å². The van der Waals surface area contributed by atoms with E-state index in [1.54, 1.807) is 0 Å². The zero-order chi connectivity index (χ0) is 4.99. The van der Waals surface area contributed by atoms with E-state index < -0.39 is 0 Å². The predicted octanol–water partition coefficient (Wildman–Crippen LogP) is 0.466. The van der Waals surface area contributed by atoms with Crippen LogP contribution in [0.1, 0.15) is 12.8 Å². The molecular weight excluding hydrogens is 261 g/mol. The molecule has 0 aromatic heterocycles. The first-order chi connectivity index (χ1) is 2.77. The molecule has 1 radical (unpaired) electrons. The molecule has 0 bridgehead atoms. The first-order valence-corrected chi connectivity index (χ1v) is 3.09. The zero-order valence-corrected chi connectivity index (χ0v) is 5.61. The van der Waals surface area contributed by atoms with Crippen molar-refractivity contribution in [2.75, 3.05) is 0 Å². The Morgan fingerprint density at radius 3 is 2.33 bits per heavy atom. The Hall–Kier alpha value is 0.700. The third-order valence-electron chi connectivity index (χ3n) is 0.420. The van der Waals surface area contributed by atoms with Crippen LogP contribution in [-0.4, -0.2) is 9.43 Å². The van der Waals surface area contributed by atoms with Gasteiger partial charge in [-0.2, -0.15) is 0 Å².